The van der Waals surface area contributed by atoms with Gasteiger partial charge in [-0.05, 0) is 44.4 Å². The van der Waals surface area contributed by atoms with Crippen molar-refractivity contribution >= 4 is 41.5 Å². The number of carbonyl (C=O) groups excluding carboxylic acids is 1. The second kappa shape index (κ2) is 13.0. The zero-order chi connectivity index (χ0) is 20.5. The van der Waals surface area contributed by atoms with Crippen molar-refractivity contribution in [3.8, 4) is 5.75 Å². The van der Waals surface area contributed by atoms with Gasteiger partial charge in [0.05, 0.1) is 5.69 Å². The number of anilines is 1. The Bertz CT molecular complexity index is 692. The van der Waals surface area contributed by atoms with E-state index in [2.05, 4.69) is 27.4 Å². The molecule has 0 saturated carbocycles. The number of ether oxygens (including phenoxy) is 1. The lowest BCUT2D eigenvalue weighted by molar-refractivity contribution is -0.121. The van der Waals surface area contributed by atoms with Gasteiger partial charge in [-0.1, -0.05) is 25.5 Å². The Labute approximate surface area is 197 Å². The number of fused-ring (bicyclic) bond motifs is 1. The highest BCUT2D eigenvalue weighted by Gasteiger charge is 2.24. The number of unbranched alkanes of at least 4 members (excludes halogenated alkanes) is 1. The van der Waals surface area contributed by atoms with Crippen molar-refractivity contribution in [3.63, 3.8) is 0 Å². The molecule has 0 spiro atoms. The summed E-state index contributed by atoms with van der Waals surface area (Å²) in [5.41, 5.74) is 0.862. The van der Waals surface area contributed by atoms with Crippen LogP contribution in [-0.4, -0.2) is 69.2 Å². The smallest absolute Gasteiger partial charge is 0.265 e. The summed E-state index contributed by atoms with van der Waals surface area (Å²) in [6.07, 6.45) is 5.71. The number of nitrogens with zero attached hydrogens (tertiary/aromatic N) is 3. The van der Waals surface area contributed by atoms with Crippen LogP contribution in [0.25, 0.3) is 0 Å². The van der Waals surface area contributed by atoms with Gasteiger partial charge in [-0.2, -0.15) is 0 Å². The molecule has 0 aliphatic carbocycles. The zero-order valence-corrected chi connectivity index (χ0v) is 20.6. The van der Waals surface area contributed by atoms with E-state index in [0.29, 0.717) is 12.6 Å². The number of amides is 1. The number of piperidine rings is 1. The van der Waals surface area contributed by atoms with Crippen LogP contribution in [0.4, 0.5) is 5.69 Å². The van der Waals surface area contributed by atoms with Gasteiger partial charge in [-0.15, -0.1) is 24.0 Å². The fourth-order valence-electron chi connectivity index (χ4n) is 3.91. The molecule has 2 aliphatic rings. The van der Waals surface area contributed by atoms with E-state index >= 15 is 0 Å². The van der Waals surface area contributed by atoms with Crippen molar-refractivity contribution in [2.24, 2.45) is 4.99 Å². The Balaban J connectivity index is 0.00000320. The Hall–Kier alpha value is -1.55. The topological polar surface area (TPSA) is 69.2 Å². The van der Waals surface area contributed by atoms with Crippen LogP contribution in [0, 0.1) is 0 Å². The first-order valence-corrected chi connectivity index (χ1v) is 10.9. The molecular weight excluding hydrogens is 493 g/mol. The molecule has 1 aromatic rings. The fourth-order valence-corrected chi connectivity index (χ4v) is 3.91. The number of para-hydroxylation sites is 2. The summed E-state index contributed by atoms with van der Waals surface area (Å²) in [6, 6.07) is 8.19. The third kappa shape index (κ3) is 7.01. The van der Waals surface area contributed by atoms with Gasteiger partial charge in [-0.3, -0.25) is 9.79 Å². The molecule has 1 fully saturated rings. The van der Waals surface area contributed by atoms with Gasteiger partial charge in [0, 0.05) is 39.3 Å². The van der Waals surface area contributed by atoms with Crippen molar-refractivity contribution in [3.05, 3.63) is 24.3 Å². The Kier molecular flexibility index (Phi) is 10.7. The normalized spacial score (nSPS) is 17.7. The summed E-state index contributed by atoms with van der Waals surface area (Å²) >= 11 is 0. The maximum absolute atomic E-state index is 12.2. The maximum Gasteiger partial charge on any atom is 0.265 e. The average Bonchev–Trinajstić information content (AvgIpc) is 2.76. The standard InChI is InChI=1S/C22H35N5O2.HI/c1-3-4-13-26-15-10-18(11-16-26)25-22(23-2)24-12-7-14-27-19-8-5-6-9-20(19)29-17-21(27)28;/h5-6,8-9,18H,3-4,7,10-17H2,1-2H3,(H2,23,24,25);1H. The van der Waals surface area contributed by atoms with Gasteiger partial charge in [0.25, 0.3) is 5.91 Å². The number of carbonyl (C=O) groups is 1. The lowest BCUT2D eigenvalue weighted by Gasteiger charge is -2.33. The van der Waals surface area contributed by atoms with Crippen molar-refractivity contribution in [2.45, 2.75) is 45.1 Å². The number of halogens is 1. The molecule has 1 amide bonds. The predicted octanol–water partition coefficient (Wildman–Crippen LogP) is 2.85. The van der Waals surface area contributed by atoms with Crippen LogP contribution in [0.1, 0.15) is 39.0 Å². The fraction of sp³-hybridized carbons (Fsp3) is 0.636. The second-order valence-corrected chi connectivity index (χ2v) is 7.77. The third-order valence-electron chi connectivity index (χ3n) is 5.64. The molecular formula is C22H36IN5O2. The molecule has 0 radical (unpaired) electrons. The first-order valence-electron chi connectivity index (χ1n) is 10.9. The summed E-state index contributed by atoms with van der Waals surface area (Å²) in [7, 11) is 1.81. The van der Waals surface area contributed by atoms with Gasteiger partial charge in [0.15, 0.2) is 12.6 Å². The average molecular weight is 529 g/mol. The largest absolute Gasteiger partial charge is 0.482 e. The van der Waals surface area contributed by atoms with Crippen molar-refractivity contribution in [2.75, 3.05) is 51.3 Å². The molecule has 7 nitrogen and oxygen atoms in total. The number of nitrogens with one attached hydrogen (secondary N) is 2. The van der Waals surface area contributed by atoms with Gasteiger partial charge in [0.2, 0.25) is 0 Å². The predicted molar refractivity (Wildman–Crippen MR) is 133 cm³/mol. The van der Waals surface area contributed by atoms with Crippen LogP contribution in [0.15, 0.2) is 29.3 Å². The van der Waals surface area contributed by atoms with Crippen LogP contribution in [0.2, 0.25) is 0 Å². The number of benzene rings is 1. The SMILES string of the molecule is CCCCN1CCC(NC(=NC)NCCCN2C(=O)COc3ccccc32)CC1.I. The van der Waals surface area contributed by atoms with Crippen molar-refractivity contribution in [1.82, 2.24) is 15.5 Å². The van der Waals surface area contributed by atoms with Crippen molar-refractivity contribution in [1.29, 1.82) is 0 Å². The van der Waals surface area contributed by atoms with Crippen molar-refractivity contribution < 1.29 is 9.53 Å². The third-order valence-corrected chi connectivity index (χ3v) is 5.64. The van der Waals surface area contributed by atoms with E-state index in [1.54, 1.807) is 0 Å². The summed E-state index contributed by atoms with van der Waals surface area (Å²) in [6.45, 7) is 7.34. The minimum atomic E-state index is 0. The van der Waals surface area contributed by atoms with E-state index in [0.717, 1.165) is 56.3 Å². The quantitative estimate of drug-likeness (QED) is 0.235. The highest BCUT2D eigenvalue weighted by Crippen LogP contribution is 2.31. The summed E-state index contributed by atoms with van der Waals surface area (Å²) in [5, 5.41) is 6.95. The van der Waals surface area contributed by atoms with E-state index in [4.69, 9.17) is 4.74 Å². The maximum atomic E-state index is 12.2. The molecule has 2 heterocycles. The molecule has 1 saturated heterocycles. The van der Waals surface area contributed by atoms with Crippen LogP contribution >= 0.6 is 24.0 Å². The molecule has 3 rings (SSSR count). The molecule has 168 valence electrons. The van der Waals surface area contributed by atoms with Crippen LogP contribution in [-0.2, 0) is 4.79 Å². The summed E-state index contributed by atoms with van der Waals surface area (Å²) in [4.78, 5) is 21.0. The molecule has 1 aromatic carbocycles. The van der Waals surface area contributed by atoms with Gasteiger partial charge in [0.1, 0.15) is 5.75 Å². The van der Waals surface area contributed by atoms with Crippen LogP contribution in [0.3, 0.4) is 0 Å². The first-order chi connectivity index (χ1) is 14.2. The van der Waals surface area contributed by atoms with E-state index in [1.807, 2.05) is 36.2 Å². The number of guanidine groups is 1. The summed E-state index contributed by atoms with van der Waals surface area (Å²) in [5.74, 6) is 1.65. The minimum Gasteiger partial charge on any atom is -0.482 e. The Morgan fingerprint density at radius 3 is 2.70 bits per heavy atom. The molecule has 0 bridgehead atoms. The number of likely N-dealkylation sites (tertiary alicyclic amines) is 1. The molecule has 2 aliphatic heterocycles. The number of hydrogen-bond donors (Lipinski definition) is 2. The molecule has 0 atom stereocenters. The highest BCUT2D eigenvalue weighted by atomic mass is 127. The molecule has 0 unspecified atom stereocenters. The molecule has 0 aromatic heterocycles. The molecule has 30 heavy (non-hydrogen) atoms. The molecule has 8 heteroatoms. The molecule has 2 N–H and O–H groups in total. The van der Waals surface area contributed by atoms with Gasteiger partial charge in [-0.25, -0.2) is 0 Å². The zero-order valence-electron chi connectivity index (χ0n) is 18.2. The lowest BCUT2D eigenvalue weighted by atomic mass is 10.0. The van der Waals surface area contributed by atoms with Gasteiger partial charge >= 0.3 is 0 Å². The van der Waals surface area contributed by atoms with Gasteiger partial charge < -0.3 is 25.2 Å². The lowest BCUT2D eigenvalue weighted by Crippen LogP contribution is -2.49. The second-order valence-electron chi connectivity index (χ2n) is 7.77. The Morgan fingerprint density at radius 1 is 1.20 bits per heavy atom. The van der Waals surface area contributed by atoms with E-state index < -0.39 is 0 Å². The van der Waals surface area contributed by atoms with Crippen LogP contribution < -0.4 is 20.3 Å². The van der Waals surface area contributed by atoms with E-state index in [9.17, 15) is 4.79 Å². The van der Waals surface area contributed by atoms with E-state index in [-0.39, 0.29) is 36.5 Å². The Morgan fingerprint density at radius 2 is 1.97 bits per heavy atom. The number of aliphatic imine (C=N–C) groups is 1. The van der Waals surface area contributed by atoms with Crippen LogP contribution in [0.5, 0.6) is 5.75 Å². The minimum absolute atomic E-state index is 0. The number of rotatable bonds is 8. The highest BCUT2D eigenvalue weighted by molar-refractivity contribution is 14.0. The number of hydrogen-bond acceptors (Lipinski definition) is 4. The monoisotopic (exact) mass is 529 g/mol. The first kappa shape index (κ1) is 24.7. The summed E-state index contributed by atoms with van der Waals surface area (Å²) < 4.78 is 5.50. The van der Waals surface area contributed by atoms with E-state index in [1.165, 1.54) is 19.4 Å².